The summed E-state index contributed by atoms with van der Waals surface area (Å²) in [7, 11) is 1.73. The van der Waals surface area contributed by atoms with Crippen LogP contribution in [0.5, 0.6) is 5.75 Å². The van der Waals surface area contributed by atoms with E-state index in [4.69, 9.17) is 14.6 Å². The Labute approximate surface area is 154 Å². The van der Waals surface area contributed by atoms with E-state index in [0.29, 0.717) is 31.8 Å². The standard InChI is InChI=1S/C19H28N2O5/c1-4-14(2)26-16-7-5-15(6-8-16)19(24)21-9-10-25-17(12-21)11-20(3)13-18(22)23/h5-8,14,17H,4,9-13H2,1-3H3,(H,22,23). The van der Waals surface area contributed by atoms with Gasteiger partial charge in [0.2, 0.25) is 0 Å². The van der Waals surface area contributed by atoms with Gasteiger partial charge in [0.05, 0.1) is 25.4 Å². The molecule has 2 unspecified atom stereocenters. The lowest BCUT2D eigenvalue weighted by Crippen LogP contribution is -2.49. The summed E-state index contributed by atoms with van der Waals surface area (Å²) in [6, 6.07) is 7.19. The number of nitrogens with zero attached hydrogens (tertiary/aromatic N) is 2. The first-order valence-corrected chi connectivity index (χ1v) is 8.97. The van der Waals surface area contributed by atoms with Crippen molar-refractivity contribution < 1.29 is 24.2 Å². The maximum absolute atomic E-state index is 12.7. The average molecular weight is 364 g/mol. The van der Waals surface area contributed by atoms with E-state index < -0.39 is 5.97 Å². The smallest absolute Gasteiger partial charge is 0.317 e. The lowest BCUT2D eigenvalue weighted by Gasteiger charge is -2.34. The first-order chi connectivity index (χ1) is 12.4. The molecular formula is C19H28N2O5. The molecule has 1 aliphatic rings. The van der Waals surface area contributed by atoms with Gasteiger partial charge in [-0.15, -0.1) is 0 Å². The average Bonchev–Trinajstić information content (AvgIpc) is 2.61. The highest BCUT2D eigenvalue weighted by Crippen LogP contribution is 2.17. The SMILES string of the molecule is CCC(C)Oc1ccc(C(=O)N2CCOC(CN(C)CC(=O)O)C2)cc1. The van der Waals surface area contributed by atoms with Crippen LogP contribution >= 0.6 is 0 Å². The van der Waals surface area contributed by atoms with Crippen LogP contribution in [-0.4, -0.2) is 78.8 Å². The van der Waals surface area contributed by atoms with Crippen LogP contribution in [0.2, 0.25) is 0 Å². The summed E-state index contributed by atoms with van der Waals surface area (Å²) in [6.45, 7) is 5.92. The van der Waals surface area contributed by atoms with Crippen molar-refractivity contribution in [2.45, 2.75) is 32.5 Å². The number of carbonyl (C=O) groups is 2. The number of carboxylic acid groups (broad SMARTS) is 1. The molecule has 0 bridgehead atoms. The topological polar surface area (TPSA) is 79.3 Å². The van der Waals surface area contributed by atoms with Crippen molar-refractivity contribution in [1.29, 1.82) is 0 Å². The van der Waals surface area contributed by atoms with Gasteiger partial charge >= 0.3 is 5.97 Å². The molecule has 1 heterocycles. The number of morpholine rings is 1. The monoisotopic (exact) mass is 364 g/mol. The third-order valence-electron chi connectivity index (χ3n) is 4.36. The van der Waals surface area contributed by atoms with Crippen LogP contribution in [0.4, 0.5) is 0 Å². The lowest BCUT2D eigenvalue weighted by atomic mass is 10.1. The predicted molar refractivity (Wildman–Crippen MR) is 97.6 cm³/mol. The van der Waals surface area contributed by atoms with E-state index in [0.717, 1.165) is 12.2 Å². The molecular weight excluding hydrogens is 336 g/mol. The van der Waals surface area contributed by atoms with E-state index in [1.165, 1.54) is 0 Å². The molecule has 2 rings (SSSR count). The fourth-order valence-electron chi connectivity index (χ4n) is 2.83. The van der Waals surface area contributed by atoms with Crippen LogP contribution in [0.25, 0.3) is 0 Å². The molecule has 1 aliphatic heterocycles. The van der Waals surface area contributed by atoms with Gasteiger partial charge in [-0.05, 0) is 44.7 Å². The Morgan fingerprint density at radius 1 is 1.38 bits per heavy atom. The molecule has 1 fully saturated rings. The number of ether oxygens (including phenoxy) is 2. The van der Waals surface area contributed by atoms with Gasteiger partial charge in [-0.3, -0.25) is 14.5 Å². The highest BCUT2D eigenvalue weighted by Gasteiger charge is 2.26. The number of aliphatic carboxylic acids is 1. The van der Waals surface area contributed by atoms with Gasteiger partial charge in [0.1, 0.15) is 5.75 Å². The Balaban J connectivity index is 1.92. The van der Waals surface area contributed by atoms with Gasteiger partial charge in [-0.25, -0.2) is 0 Å². The molecule has 1 aromatic rings. The second-order valence-corrected chi connectivity index (χ2v) is 6.70. The van der Waals surface area contributed by atoms with Crippen molar-refractivity contribution in [1.82, 2.24) is 9.80 Å². The number of carboxylic acids is 1. The number of rotatable bonds is 8. The number of hydrogen-bond donors (Lipinski definition) is 1. The van der Waals surface area contributed by atoms with Gasteiger partial charge < -0.3 is 19.5 Å². The normalized spacial score (nSPS) is 18.6. The molecule has 7 heteroatoms. The number of benzene rings is 1. The summed E-state index contributed by atoms with van der Waals surface area (Å²) < 4.78 is 11.4. The Bertz CT molecular complexity index is 604. The van der Waals surface area contributed by atoms with E-state index >= 15 is 0 Å². The molecule has 1 N–H and O–H groups in total. The molecule has 7 nitrogen and oxygen atoms in total. The summed E-state index contributed by atoms with van der Waals surface area (Å²) in [5.41, 5.74) is 0.612. The summed E-state index contributed by atoms with van der Waals surface area (Å²) in [4.78, 5) is 26.9. The number of hydrogen-bond acceptors (Lipinski definition) is 5. The van der Waals surface area contributed by atoms with Gasteiger partial charge in [0.25, 0.3) is 5.91 Å². The molecule has 1 saturated heterocycles. The number of likely N-dealkylation sites (N-methyl/N-ethyl adjacent to an activating group) is 1. The zero-order chi connectivity index (χ0) is 19.1. The summed E-state index contributed by atoms with van der Waals surface area (Å²) in [5.74, 6) is -0.170. The quantitative estimate of drug-likeness (QED) is 0.757. The minimum absolute atomic E-state index is 0.0470. The minimum Gasteiger partial charge on any atom is -0.491 e. The van der Waals surface area contributed by atoms with E-state index in [-0.39, 0.29) is 24.7 Å². The molecule has 0 aliphatic carbocycles. The molecule has 0 aromatic heterocycles. The molecule has 26 heavy (non-hydrogen) atoms. The predicted octanol–water partition coefficient (Wildman–Crippen LogP) is 1.72. The Morgan fingerprint density at radius 3 is 2.69 bits per heavy atom. The van der Waals surface area contributed by atoms with Crippen LogP contribution < -0.4 is 4.74 Å². The van der Waals surface area contributed by atoms with Crippen molar-refractivity contribution in [3.8, 4) is 5.75 Å². The Hall–Kier alpha value is -2.12. The highest BCUT2D eigenvalue weighted by atomic mass is 16.5. The van der Waals surface area contributed by atoms with E-state index in [9.17, 15) is 9.59 Å². The molecule has 144 valence electrons. The fourth-order valence-corrected chi connectivity index (χ4v) is 2.83. The molecule has 1 aromatic carbocycles. The van der Waals surface area contributed by atoms with Crippen LogP contribution in [0.1, 0.15) is 30.6 Å². The maximum atomic E-state index is 12.7. The van der Waals surface area contributed by atoms with Gasteiger partial charge in [0.15, 0.2) is 0 Å². The fraction of sp³-hybridized carbons (Fsp3) is 0.579. The van der Waals surface area contributed by atoms with Gasteiger partial charge in [-0.2, -0.15) is 0 Å². The summed E-state index contributed by atoms with van der Waals surface area (Å²) in [6.07, 6.45) is 0.871. The van der Waals surface area contributed by atoms with E-state index in [1.807, 2.05) is 19.1 Å². The zero-order valence-electron chi connectivity index (χ0n) is 15.7. The van der Waals surface area contributed by atoms with Gasteiger partial charge in [-0.1, -0.05) is 6.92 Å². The number of carbonyl (C=O) groups excluding carboxylic acids is 1. The summed E-state index contributed by atoms with van der Waals surface area (Å²) >= 11 is 0. The first kappa shape index (κ1) is 20.2. The molecule has 2 atom stereocenters. The van der Waals surface area contributed by atoms with Gasteiger partial charge in [0, 0.05) is 25.2 Å². The molecule has 0 saturated carbocycles. The third kappa shape index (κ3) is 6.00. The van der Waals surface area contributed by atoms with Crippen molar-refractivity contribution >= 4 is 11.9 Å². The second-order valence-electron chi connectivity index (χ2n) is 6.70. The largest absolute Gasteiger partial charge is 0.491 e. The van der Waals surface area contributed by atoms with E-state index in [2.05, 4.69) is 6.92 Å². The Kier molecular flexibility index (Phi) is 7.41. The van der Waals surface area contributed by atoms with Crippen molar-refractivity contribution in [3.05, 3.63) is 29.8 Å². The number of amides is 1. The van der Waals surface area contributed by atoms with Crippen molar-refractivity contribution in [2.24, 2.45) is 0 Å². The van der Waals surface area contributed by atoms with Crippen LogP contribution in [0, 0.1) is 0 Å². The lowest BCUT2D eigenvalue weighted by molar-refractivity contribution is -0.138. The van der Waals surface area contributed by atoms with Crippen molar-refractivity contribution in [3.63, 3.8) is 0 Å². The van der Waals surface area contributed by atoms with Crippen molar-refractivity contribution in [2.75, 3.05) is 39.8 Å². The van der Waals surface area contributed by atoms with E-state index in [1.54, 1.807) is 29.0 Å². The molecule has 0 spiro atoms. The first-order valence-electron chi connectivity index (χ1n) is 8.97. The Morgan fingerprint density at radius 2 is 2.08 bits per heavy atom. The second kappa shape index (κ2) is 9.54. The third-order valence-corrected chi connectivity index (χ3v) is 4.36. The highest BCUT2D eigenvalue weighted by molar-refractivity contribution is 5.94. The zero-order valence-corrected chi connectivity index (χ0v) is 15.7. The maximum Gasteiger partial charge on any atom is 0.317 e. The molecule has 1 amide bonds. The van der Waals surface area contributed by atoms with Crippen LogP contribution in [0.15, 0.2) is 24.3 Å². The summed E-state index contributed by atoms with van der Waals surface area (Å²) in [5, 5.41) is 8.84. The minimum atomic E-state index is -0.879. The van der Waals surface area contributed by atoms with Crippen LogP contribution in [0.3, 0.4) is 0 Å². The van der Waals surface area contributed by atoms with Crippen LogP contribution in [-0.2, 0) is 9.53 Å². The molecule has 0 radical (unpaired) electrons.